The highest BCUT2D eigenvalue weighted by molar-refractivity contribution is 7.14. The Balaban J connectivity index is 1.92. The second-order valence-corrected chi connectivity index (χ2v) is 6.28. The van der Waals surface area contributed by atoms with Crippen LogP contribution in [0.5, 0.6) is 0 Å². The number of aryl methyl sites for hydroxylation is 2. The zero-order chi connectivity index (χ0) is 13.8. The first kappa shape index (κ1) is 14.0. The predicted molar refractivity (Wildman–Crippen MR) is 80.9 cm³/mol. The van der Waals surface area contributed by atoms with Crippen molar-refractivity contribution in [3.8, 4) is 0 Å². The summed E-state index contributed by atoms with van der Waals surface area (Å²) in [6, 6.07) is 12.4. The van der Waals surface area contributed by atoms with Gasteiger partial charge in [0.25, 0.3) is 0 Å². The van der Waals surface area contributed by atoms with Gasteiger partial charge in [0.05, 0.1) is 11.4 Å². The van der Waals surface area contributed by atoms with Crippen LogP contribution in [0.4, 0.5) is 0 Å². The van der Waals surface area contributed by atoms with Gasteiger partial charge in [-0.05, 0) is 38.6 Å². The van der Waals surface area contributed by atoms with Gasteiger partial charge < -0.3 is 0 Å². The first-order valence-corrected chi connectivity index (χ1v) is 7.20. The van der Waals surface area contributed by atoms with Crippen LogP contribution in [0.25, 0.3) is 0 Å². The van der Waals surface area contributed by atoms with Crippen LogP contribution in [0, 0.1) is 13.8 Å². The Morgan fingerprint density at radius 3 is 2.37 bits per heavy atom. The molecule has 0 fully saturated rings. The summed E-state index contributed by atoms with van der Waals surface area (Å²) in [6.07, 6.45) is 0. The van der Waals surface area contributed by atoms with Crippen molar-refractivity contribution in [2.45, 2.75) is 20.4 Å². The van der Waals surface area contributed by atoms with E-state index in [0.29, 0.717) is 6.54 Å². The summed E-state index contributed by atoms with van der Waals surface area (Å²) in [5, 5.41) is 0. The van der Waals surface area contributed by atoms with Crippen LogP contribution in [0.1, 0.15) is 25.7 Å². The molecule has 2 rings (SSSR count). The summed E-state index contributed by atoms with van der Waals surface area (Å²) in [5.41, 5.74) is 2.50. The summed E-state index contributed by atoms with van der Waals surface area (Å²) in [6.45, 7) is 5.37. The molecule has 0 aliphatic rings. The average Bonchev–Trinajstić information content (AvgIpc) is 2.79. The Morgan fingerprint density at radius 2 is 1.79 bits per heavy atom. The van der Waals surface area contributed by atoms with Crippen molar-refractivity contribution < 1.29 is 4.79 Å². The first-order valence-electron chi connectivity index (χ1n) is 6.38. The van der Waals surface area contributed by atoms with Crippen molar-refractivity contribution in [1.29, 1.82) is 0 Å². The summed E-state index contributed by atoms with van der Waals surface area (Å²) >= 11 is 1.57. The lowest BCUT2D eigenvalue weighted by Crippen LogP contribution is -2.25. The fraction of sp³-hybridized carbons (Fsp3) is 0.312. The van der Waals surface area contributed by atoms with E-state index in [-0.39, 0.29) is 5.78 Å². The molecule has 0 unspecified atom stereocenters. The van der Waals surface area contributed by atoms with E-state index in [4.69, 9.17) is 0 Å². The van der Waals surface area contributed by atoms with E-state index in [1.807, 2.05) is 26.1 Å². The van der Waals surface area contributed by atoms with Crippen LogP contribution < -0.4 is 0 Å². The van der Waals surface area contributed by atoms with Gasteiger partial charge in [0.2, 0.25) is 0 Å². The third-order valence-corrected chi connectivity index (χ3v) is 4.04. The van der Waals surface area contributed by atoms with E-state index >= 15 is 0 Å². The monoisotopic (exact) mass is 273 g/mol. The van der Waals surface area contributed by atoms with E-state index in [1.54, 1.807) is 11.3 Å². The molecule has 2 aromatic rings. The maximum absolute atomic E-state index is 12.1. The summed E-state index contributed by atoms with van der Waals surface area (Å²) in [7, 11) is 1.98. The van der Waals surface area contributed by atoms with E-state index in [0.717, 1.165) is 11.4 Å². The number of nitrogens with zero attached hydrogens (tertiary/aromatic N) is 1. The molecule has 1 heterocycles. The molecule has 0 spiro atoms. The largest absolute Gasteiger partial charge is 0.295 e. The topological polar surface area (TPSA) is 20.3 Å². The second kappa shape index (κ2) is 6.13. The van der Waals surface area contributed by atoms with Gasteiger partial charge in [-0.25, -0.2) is 0 Å². The molecule has 19 heavy (non-hydrogen) atoms. The number of rotatable bonds is 5. The molecule has 0 atom stereocenters. The Morgan fingerprint density at radius 1 is 1.11 bits per heavy atom. The van der Waals surface area contributed by atoms with Crippen LogP contribution in [0.3, 0.4) is 0 Å². The van der Waals surface area contributed by atoms with Gasteiger partial charge in [0, 0.05) is 11.4 Å². The zero-order valence-corrected chi connectivity index (χ0v) is 12.5. The normalized spacial score (nSPS) is 10.9. The van der Waals surface area contributed by atoms with Crippen molar-refractivity contribution >= 4 is 17.1 Å². The predicted octanol–water partition coefficient (Wildman–Crippen LogP) is 3.68. The van der Waals surface area contributed by atoms with E-state index in [1.165, 1.54) is 16.0 Å². The molecule has 0 amide bonds. The molecular weight excluding hydrogens is 254 g/mol. The highest BCUT2D eigenvalue weighted by atomic mass is 32.1. The average molecular weight is 273 g/mol. The highest BCUT2D eigenvalue weighted by Crippen LogP contribution is 2.16. The third-order valence-electron chi connectivity index (χ3n) is 3.00. The zero-order valence-electron chi connectivity index (χ0n) is 11.6. The van der Waals surface area contributed by atoms with Crippen molar-refractivity contribution in [2.75, 3.05) is 13.6 Å². The lowest BCUT2D eigenvalue weighted by Gasteiger charge is -2.15. The fourth-order valence-electron chi connectivity index (χ4n) is 1.97. The fourth-order valence-corrected chi connectivity index (χ4v) is 2.77. The van der Waals surface area contributed by atoms with Gasteiger partial charge in [0.1, 0.15) is 0 Å². The van der Waals surface area contributed by atoms with Gasteiger partial charge >= 0.3 is 0 Å². The number of benzene rings is 1. The van der Waals surface area contributed by atoms with Crippen LogP contribution in [0.15, 0.2) is 36.4 Å². The minimum absolute atomic E-state index is 0.202. The molecule has 100 valence electrons. The Kier molecular flexibility index (Phi) is 4.51. The highest BCUT2D eigenvalue weighted by Gasteiger charge is 2.11. The number of likely N-dealkylation sites (N-methyl/N-ethyl adjacent to an activating group) is 1. The van der Waals surface area contributed by atoms with Gasteiger partial charge in [-0.15, -0.1) is 11.3 Å². The van der Waals surface area contributed by atoms with Crippen LogP contribution in [0.2, 0.25) is 0 Å². The Hall–Kier alpha value is -1.45. The van der Waals surface area contributed by atoms with Crippen molar-refractivity contribution in [2.24, 2.45) is 0 Å². The lowest BCUT2D eigenvalue weighted by molar-refractivity contribution is 0.0947. The van der Waals surface area contributed by atoms with Crippen LogP contribution >= 0.6 is 11.3 Å². The molecule has 3 heteroatoms. The van der Waals surface area contributed by atoms with Crippen LogP contribution in [-0.2, 0) is 6.54 Å². The van der Waals surface area contributed by atoms with Crippen molar-refractivity contribution in [3.05, 3.63) is 57.3 Å². The maximum atomic E-state index is 12.1. The van der Waals surface area contributed by atoms with Gasteiger partial charge in [0.15, 0.2) is 5.78 Å². The summed E-state index contributed by atoms with van der Waals surface area (Å²) in [5.74, 6) is 0.202. The second-order valence-electron chi connectivity index (χ2n) is 4.99. The minimum atomic E-state index is 0.202. The number of thiophene rings is 1. The quantitative estimate of drug-likeness (QED) is 0.775. The molecular formula is C16H19NOS. The van der Waals surface area contributed by atoms with E-state index < -0.39 is 0 Å². The number of Topliss-reactive ketones (excluding diaryl/α,β-unsaturated/α-hetero) is 1. The Bertz CT molecular complexity index is 556. The minimum Gasteiger partial charge on any atom is -0.295 e. The van der Waals surface area contributed by atoms with E-state index in [9.17, 15) is 4.79 Å². The third kappa shape index (κ3) is 4.01. The number of carbonyl (C=O) groups excluding carboxylic acids is 1. The molecule has 0 aliphatic heterocycles. The maximum Gasteiger partial charge on any atom is 0.186 e. The molecule has 0 N–H and O–H groups in total. The van der Waals surface area contributed by atoms with Gasteiger partial charge in [-0.3, -0.25) is 9.69 Å². The van der Waals surface area contributed by atoms with Crippen molar-refractivity contribution in [1.82, 2.24) is 4.90 Å². The Labute approximate surface area is 118 Å². The molecule has 0 saturated carbocycles. The number of ketones is 1. The first-order chi connectivity index (χ1) is 9.04. The molecule has 0 bridgehead atoms. The number of carbonyl (C=O) groups is 1. The smallest absolute Gasteiger partial charge is 0.186 e. The van der Waals surface area contributed by atoms with Gasteiger partial charge in [-0.1, -0.05) is 29.8 Å². The molecule has 0 aliphatic carbocycles. The van der Waals surface area contributed by atoms with Crippen LogP contribution in [-0.4, -0.2) is 24.3 Å². The number of hydrogen-bond donors (Lipinski definition) is 0. The SMILES string of the molecule is Cc1ccc(CN(C)CC(=O)c2ccc(C)s2)cc1. The molecule has 1 aromatic carbocycles. The summed E-state index contributed by atoms with van der Waals surface area (Å²) in [4.78, 5) is 16.2. The molecule has 1 aromatic heterocycles. The number of hydrogen-bond acceptors (Lipinski definition) is 3. The summed E-state index contributed by atoms with van der Waals surface area (Å²) < 4.78 is 0. The van der Waals surface area contributed by atoms with E-state index in [2.05, 4.69) is 36.1 Å². The molecule has 0 saturated heterocycles. The lowest BCUT2D eigenvalue weighted by atomic mass is 10.1. The van der Waals surface area contributed by atoms with Crippen molar-refractivity contribution in [3.63, 3.8) is 0 Å². The molecule has 2 nitrogen and oxygen atoms in total. The van der Waals surface area contributed by atoms with Gasteiger partial charge in [-0.2, -0.15) is 0 Å². The standard InChI is InChI=1S/C16H19NOS/c1-12-4-7-14(8-5-12)10-17(3)11-15(18)16-9-6-13(2)19-16/h4-9H,10-11H2,1-3H3. The molecule has 0 radical (unpaired) electrons.